The minimum Gasteiger partial charge on any atom is -0.352 e. The molecule has 0 fully saturated rings. The Morgan fingerprint density at radius 1 is 1.22 bits per heavy atom. The summed E-state index contributed by atoms with van der Waals surface area (Å²) in [5, 5.41) is 6.85. The molecular weight excluding hydrogens is 248 g/mol. The molecule has 1 rings (SSSR count). The van der Waals surface area contributed by atoms with Crippen LogP contribution in [0.25, 0.3) is 0 Å². The van der Waals surface area contributed by atoms with Crippen LogP contribution in [0.2, 0.25) is 5.02 Å². The molecule has 1 amide bonds. The highest BCUT2D eigenvalue weighted by Gasteiger charge is 2.00. The molecule has 3 nitrogen and oxygen atoms in total. The Morgan fingerprint density at radius 2 is 1.94 bits per heavy atom. The standard InChI is InChI=1S/C14H21ClN2O/c1-2-3-9-16-10-8-14(18)17-11-12-4-6-13(15)7-5-12/h4-7,16H,2-3,8-11H2,1H3,(H,17,18). The Labute approximate surface area is 114 Å². The Balaban J connectivity index is 2.11. The van der Waals surface area contributed by atoms with Gasteiger partial charge in [-0.1, -0.05) is 37.1 Å². The lowest BCUT2D eigenvalue weighted by molar-refractivity contribution is -0.121. The second kappa shape index (κ2) is 8.95. The van der Waals surface area contributed by atoms with Crippen LogP contribution in [0.3, 0.4) is 0 Å². The number of rotatable bonds is 8. The molecule has 1 aromatic carbocycles. The first-order chi connectivity index (χ1) is 8.72. The molecule has 100 valence electrons. The van der Waals surface area contributed by atoms with Gasteiger partial charge in [0, 0.05) is 24.5 Å². The van der Waals surface area contributed by atoms with Crippen LogP contribution >= 0.6 is 11.6 Å². The third-order valence-electron chi connectivity index (χ3n) is 2.64. The quantitative estimate of drug-likeness (QED) is 0.712. The maximum Gasteiger partial charge on any atom is 0.221 e. The third kappa shape index (κ3) is 6.62. The second-order valence-corrected chi connectivity index (χ2v) is 4.69. The number of unbranched alkanes of at least 4 members (excludes halogenated alkanes) is 1. The van der Waals surface area contributed by atoms with Gasteiger partial charge in [-0.25, -0.2) is 0 Å². The van der Waals surface area contributed by atoms with Crippen LogP contribution in [-0.4, -0.2) is 19.0 Å². The fraction of sp³-hybridized carbons (Fsp3) is 0.500. The van der Waals surface area contributed by atoms with Crippen molar-refractivity contribution in [1.82, 2.24) is 10.6 Å². The normalized spacial score (nSPS) is 10.3. The highest BCUT2D eigenvalue weighted by atomic mass is 35.5. The molecule has 0 aliphatic heterocycles. The van der Waals surface area contributed by atoms with Crippen molar-refractivity contribution < 1.29 is 4.79 Å². The highest BCUT2D eigenvalue weighted by Crippen LogP contribution is 2.08. The van der Waals surface area contributed by atoms with Gasteiger partial charge >= 0.3 is 0 Å². The summed E-state index contributed by atoms with van der Waals surface area (Å²) in [7, 11) is 0. The summed E-state index contributed by atoms with van der Waals surface area (Å²) in [5.41, 5.74) is 1.06. The van der Waals surface area contributed by atoms with Gasteiger partial charge in [-0.15, -0.1) is 0 Å². The van der Waals surface area contributed by atoms with Crippen LogP contribution in [-0.2, 0) is 11.3 Å². The number of nitrogens with one attached hydrogen (secondary N) is 2. The van der Waals surface area contributed by atoms with E-state index in [0.29, 0.717) is 18.0 Å². The summed E-state index contributed by atoms with van der Waals surface area (Å²) in [6.45, 7) is 4.44. The zero-order valence-corrected chi connectivity index (χ0v) is 11.6. The number of benzene rings is 1. The molecule has 0 unspecified atom stereocenters. The van der Waals surface area contributed by atoms with Gasteiger partial charge < -0.3 is 10.6 Å². The van der Waals surface area contributed by atoms with E-state index in [1.54, 1.807) is 0 Å². The predicted octanol–water partition coefficient (Wildman–Crippen LogP) is 2.74. The van der Waals surface area contributed by atoms with Crippen LogP contribution in [0.5, 0.6) is 0 Å². The lowest BCUT2D eigenvalue weighted by Gasteiger charge is -2.06. The molecule has 0 atom stereocenters. The summed E-state index contributed by atoms with van der Waals surface area (Å²) >= 11 is 5.79. The summed E-state index contributed by atoms with van der Waals surface area (Å²) in [6, 6.07) is 7.49. The Morgan fingerprint density at radius 3 is 2.61 bits per heavy atom. The Hall–Kier alpha value is -1.06. The maximum absolute atomic E-state index is 11.5. The molecule has 0 saturated heterocycles. The van der Waals surface area contributed by atoms with Crippen molar-refractivity contribution in [2.24, 2.45) is 0 Å². The number of hydrogen-bond acceptors (Lipinski definition) is 2. The molecule has 0 heterocycles. The van der Waals surface area contributed by atoms with Crippen molar-refractivity contribution in [2.75, 3.05) is 13.1 Å². The molecule has 0 bridgehead atoms. The van der Waals surface area contributed by atoms with Gasteiger partial charge in [0.15, 0.2) is 0 Å². The van der Waals surface area contributed by atoms with E-state index in [-0.39, 0.29) is 5.91 Å². The van der Waals surface area contributed by atoms with E-state index in [9.17, 15) is 4.79 Å². The van der Waals surface area contributed by atoms with E-state index in [2.05, 4.69) is 17.6 Å². The summed E-state index contributed by atoms with van der Waals surface area (Å²) in [6.07, 6.45) is 2.86. The lowest BCUT2D eigenvalue weighted by atomic mass is 10.2. The number of amides is 1. The minimum atomic E-state index is 0.0777. The van der Waals surface area contributed by atoms with Crippen molar-refractivity contribution in [3.63, 3.8) is 0 Å². The van der Waals surface area contributed by atoms with Crippen molar-refractivity contribution in [3.8, 4) is 0 Å². The van der Waals surface area contributed by atoms with Gasteiger partial charge in [-0.2, -0.15) is 0 Å². The van der Waals surface area contributed by atoms with Crippen LogP contribution in [0.15, 0.2) is 24.3 Å². The van der Waals surface area contributed by atoms with Gasteiger partial charge in [0.1, 0.15) is 0 Å². The zero-order valence-electron chi connectivity index (χ0n) is 10.8. The van der Waals surface area contributed by atoms with Crippen molar-refractivity contribution in [3.05, 3.63) is 34.9 Å². The molecule has 0 aliphatic carbocycles. The number of hydrogen-bond donors (Lipinski definition) is 2. The smallest absolute Gasteiger partial charge is 0.221 e. The largest absolute Gasteiger partial charge is 0.352 e. The van der Waals surface area contributed by atoms with Crippen molar-refractivity contribution >= 4 is 17.5 Å². The number of carbonyl (C=O) groups is 1. The van der Waals surface area contributed by atoms with Crippen LogP contribution in [0, 0.1) is 0 Å². The van der Waals surface area contributed by atoms with Crippen LogP contribution in [0.4, 0.5) is 0 Å². The maximum atomic E-state index is 11.5. The zero-order chi connectivity index (χ0) is 13.2. The van der Waals surface area contributed by atoms with Gasteiger partial charge in [-0.05, 0) is 30.7 Å². The van der Waals surface area contributed by atoms with Crippen molar-refractivity contribution in [2.45, 2.75) is 32.7 Å². The molecule has 1 aromatic rings. The van der Waals surface area contributed by atoms with Gasteiger partial charge in [0.25, 0.3) is 0 Å². The summed E-state index contributed by atoms with van der Waals surface area (Å²) < 4.78 is 0. The van der Waals surface area contributed by atoms with E-state index < -0.39 is 0 Å². The summed E-state index contributed by atoms with van der Waals surface area (Å²) in [4.78, 5) is 11.5. The average molecular weight is 269 g/mol. The molecular formula is C14H21ClN2O. The van der Waals surface area contributed by atoms with E-state index >= 15 is 0 Å². The first-order valence-corrected chi connectivity index (χ1v) is 6.82. The first-order valence-electron chi connectivity index (χ1n) is 6.44. The van der Waals surface area contributed by atoms with Crippen LogP contribution in [0.1, 0.15) is 31.7 Å². The van der Waals surface area contributed by atoms with E-state index in [0.717, 1.165) is 25.1 Å². The monoisotopic (exact) mass is 268 g/mol. The fourth-order valence-corrected chi connectivity index (χ4v) is 1.65. The third-order valence-corrected chi connectivity index (χ3v) is 2.89. The van der Waals surface area contributed by atoms with Gasteiger partial charge in [-0.3, -0.25) is 4.79 Å². The Bertz CT molecular complexity index is 351. The molecule has 18 heavy (non-hydrogen) atoms. The molecule has 0 saturated carbocycles. The summed E-state index contributed by atoms with van der Waals surface area (Å²) in [5.74, 6) is 0.0777. The van der Waals surface area contributed by atoms with Gasteiger partial charge in [0.05, 0.1) is 0 Å². The predicted molar refractivity (Wildman–Crippen MR) is 75.7 cm³/mol. The van der Waals surface area contributed by atoms with Crippen molar-refractivity contribution in [1.29, 1.82) is 0 Å². The van der Waals surface area contributed by atoms with E-state index in [1.807, 2.05) is 24.3 Å². The number of carbonyl (C=O) groups excluding carboxylic acids is 1. The molecule has 4 heteroatoms. The average Bonchev–Trinajstić information content (AvgIpc) is 2.38. The van der Waals surface area contributed by atoms with E-state index in [1.165, 1.54) is 6.42 Å². The molecule has 0 radical (unpaired) electrons. The fourth-order valence-electron chi connectivity index (χ4n) is 1.52. The highest BCUT2D eigenvalue weighted by molar-refractivity contribution is 6.30. The molecule has 0 aliphatic rings. The lowest BCUT2D eigenvalue weighted by Crippen LogP contribution is -2.27. The Kier molecular flexibility index (Phi) is 7.46. The second-order valence-electron chi connectivity index (χ2n) is 4.26. The van der Waals surface area contributed by atoms with Crippen LogP contribution < -0.4 is 10.6 Å². The number of halogens is 1. The molecule has 0 aromatic heterocycles. The molecule has 0 spiro atoms. The topological polar surface area (TPSA) is 41.1 Å². The first kappa shape index (κ1) is 15.0. The molecule has 2 N–H and O–H groups in total. The SMILES string of the molecule is CCCCNCCC(=O)NCc1ccc(Cl)cc1. The van der Waals surface area contributed by atoms with Gasteiger partial charge in [0.2, 0.25) is 5.91 Å². The minimum absolute atomic E-state index is 0.0777. The van der Waals surface area contributed by atoms with E-state index in [4.69, 9.17) is 11.6 Å².